The van der Waals surface area contributed by atoms with Gasteiger partial charge >= 0.3 is 6.18 Å². The van der Waals surface area contributed by atoms with E-state index in [0.717, 1.165) is 7.11 Å². The predicted molar refractivity (Wildman–Crippen MR) is 37.9 cm³/mol. The van der Waals surface area contributed by atoms with E-state index in [2.05, 4.69) is 10.1 Å². The van der Waals surface area contributed by atoms with Gasteiger partial charge in [0.15, 0.2) is 5.60 Å². The van der Waals surface area contributed by atoms with Gasteiger partial charge in [0.25, 0.3) is 0 Å². The van der Waals surface area contributed by atoms with Crippen LogP contribution in [0.4, 0.5) is 13.2 Å². The van der Waals surface area contributed by atoms with Crippen LogP contribution < -0.4 is 5.32 Å². The molecule has 0 aliphatic carbocycles. The highest BCUT2D eigenvalue weighted by atomic mass is 19.4. The first-order valence-electron chi connectivity index (χ1n) is 3.84. The summed E-state index contributed by atoms with van der Waals surface area (Å²) in [4.78, 5) is 0. The fourth-order valence-corrected chi connectivity index (χ4v) is 1.41. The summed E-state index contributed by atoms with van der Waals surface area (Å²) in [7, 11) is 1.11. The third-order valence-electron chi connectivity index (χ3n) is 2.25. The van der Waals surface area contributed by atoms with E-state index in [-0.39, 0.29) is 13.0 Å². The summed E-state index contributed by atoms with van der Waals surface area (Å²) >= 11 is 0. The van der Waals surface area contributed by atoms with Crippen molar-refractivity contribution in [1.82, 2.24) is 5.32 Å². The minimum atomic E-state index is -4.27. The number of rotatable bonds is 1. The molecule has 12 heavy (non-hydrogen) atoms. The molecule has 72 valence electrons. The number of piperidine rings is 1. The Bertz CT molecular complexity index is 151. The topological polar surface area (TPSA) is 21.3 Å². The molecule has 0 aromatic heterocycles. The lowest BCUT2D eigenvalue weighted by atomic mass is 9.93. The number of halogens is 3. The summed E-state index contributed by atoms with van der Waals surface area (Å²) in [6.07, 6.45) is -3.71. The standard InChI is InChI=1S/C7H12F3NO/c1-12-6(7(8,9)10)3-2-4-11-5-6/h11H,2-5H2,1H3/t6-/m0/s1. The van der Waals surface area contributed by atoms with Gasteiger partial charge in [-0.05, 0) is 19.4 Å². The van der Waals surface area contributed by atoms with Gasteiger partial charge in [-0.25, -0.2) is 0 Å². The highest BCUT2D eigenvalue weighted by Gasteiger charge is 2.55. The van der Waals surface area contributed by atoms with Crippen LogP contribution in [0.3, 0.4) is 0 Å². The van der Waals surface area contributed by atoms with Crippen molar-refractivity contribution >= 4 is 0 Å². The van der Waals surface area contributed by atoms with E-state index >= 15 is 0 Å². The van der Waals surface area contributed by atoms with E-state index in [4.69, 9.17) is 0 Å². The summed E-state index contributed by atoms with van der Waals surface area (Å²) in [5.41, 5.74) is -1.95. The van der Waals surface area contributed by atoms with Crippen LogP contribution in [0, 0.1) is 0 Å². The van der Waals surface area contributed by atoms with Crippen LogP contribution in [0.25, 0.3) is 0 Å². The van der Waals surface area contributed by atoms with Gasteiger partial charge in [-0.3, -0.25) is 0 Å². The van der Waals surface area contributed by atoms with Gasteiger partial charge in [-0.2, -0.15) is 13.2 Å². The second kappa shape index (κ2) is 3.22. The highest BCUT2D eigenvalue weighted by Crippen LogP contribution is 2.37. The van der Waals surface area contributed by atoms with Gasteiger partial charge in [0.2, 0.25) is 0 Å². The second-order valence-electron chi connectivity index (χ2n) is 2.98. The average molecular weight is 183 g/mol. The first-order valence-corrected chi connectivity index (χ1v) is 3.84. The van der Waals surface area contributed by atoms with Crippen molar-refractivity contribution in [3.05, 3.63) is 0 Å². The minimum Gasteiger partial charge on any atom is -0.367 e. The van der Waals surface area contributed by atoms with E-state index in [1.54, 1.807) is 0 Å². The molecule has 0 aromatic carbocycles. The number of nitrogens with one attached hydrogen (secondary N) is 1. The number of ether oxygens (including phenoxy) is 1. The summed E-state index contributed by atoms with van der Waals surface area (Å²) in [5.74, 6) is 0. The molecule has 1 aliphatic heterocycles. The van der Waals surface area contributed by atoms with E-state index < -0.39 is 11.8 Å². The first-order chi connectivity index (χ1) is 5.52. The monoisotopic (exact) mass is 183 g/mol. The molecule has 1 rings (SSSR count). The molecule has 1 atom stereocenters. The molecule has 0 aromatic rings. The molecule has 0 amide bonds. The van der Waals surface area contributed by atoms with Crippen LogP contribution in [0.1, 0.15) is 12.8 Å². The Kier molecular flexibility index (Phi) is 2.63. The van der Waals surface area contributed by atoms with E-state index in [1.165, 1.54) is 0 Å². The zero-order chi connectivity index (χ0) is 9.24. The van der Waals surface area contributed by atoms with Gasteiger partial charge in [0.05, 0.1) is 0 Å². The normalized spacial score (nSPS) is 32.0. The van der Waals surface area contributed by atoms with Crippen LogP contribution >= 0.6 is 0 Å². The second-order valence-corrected chi connectivity index (χ2v) is 2.98. The Balaban J connectivity index is 2.73. The maximum absolute atomic E-state index is 12.4. The molecule has 1 N–H and O–H groups in total. The van der Waals surface area contributed by atoms with Crippen molar-refractivity contribution in [1.29, 1.82) is 0 Å². The van der Waals surface area contributed by atoms with Crippen molar-refractivity contribution in [2.75, 3.05) is 20.2 Å². The highest BCUT2D eigenvalue weighted by molar-refractivity contribution is 4.93. The molecule has 5 heteroatoms. The average Bonchev–Trinajstić information content (AvgIpc) is 2.04. The Morgan fingerprint density at radius 2 is 2.08 bits per heavy atom. The van der Waals surface area contributed by atoms with Gasteiger partial charge in [0.1, 0.15) is 0 Å². The van der Waals surface area contributed by atoms with Gasteiger partial charge < -0.3 is 10.1 Å². The maximum Gasteiger partial charge on any atom is 0.418 e. The van der Waals surface area contributed by atoms with E-state index in [1.807, 2.05) is 0 Å². The molecular formula is C7H12F3NO. The van der Waals surface area contributed by atoms with Crippen molar-refractivity contribution in [2.45, 2.75) is 24.6 Å². The van der Waals surface area contributed by atoms with Gasteiger partial charge in [0, 0.05) is 13.7 Å². The maximum atomic E-state index is 12.4. The Morgan fingerprint density at radius 1 is 1.42 bits per heavy atom. The van der Waals surface area contributed by atoms with Crippen LogP contribution in [-0.4, -0.2) is 32.0 Å². The first kappa shape index (κ1) is 9.80. The Morgan fingerprint density at radius 3 is 2.33 bits per heavy atom. The van der Waals surface area contributed by atoms with E-state index in [0.29, 0.717) is 13.0 Å². The Hall–Kier alpha value is -0.290. The fourth-order valence-electron chi connectivity index (χ4n) is 1.41. The SMILES string of the molecule is CO[C@@]1(C(F)(F)F)CCCNC1. The Labute approximate surface area is 69.1 Å². The van der Waals surface area contributed by atoms with Crippen LogP contribution in [0.15, 0.2) is 0 Å². The lowest BCUT2D eigenvalue weighted by Crippen LogP contribution is -2.56. The lowest BCUT2D eigenvalue weighted by Gasteiger charge is -2.37. The number of hydrogen-bond donors (Lipinski definition) is 1. The molecule has 1 heterocycles. The zero-order valence-corrected chi connectivity index (χ0v) is 6.87. The number of alkyl halides is 3. The fraction of sp³-hybridized carbons (Fsp3) is 1.00. The molecular weight excluding hydrogens is 171 g/mol. The van der Waals surface area contributed by atoms with Crippen LogP contribution in [0.5, 0.6) is 0 Å². The van der Waals surface area contributed by atoms with E-state index in [9.17, 15) is 13.2 Å². The van der Waals surface area contributed by atoms with Crippen molar-refractivity contribution in [3.63, 3.8) is 0 Å². The number of methoxy groups -OCH3 is 1. The van der Waals surface area contributed by atoms with Gasteiger partial charge in [-0.15, -0.1) is 0 Å². The summed E-state index contributed by atoms with van der Waals surface area (Å²) in [6.45, 7) is 0.508. The van der Waals surface area contributed by atoms with Crippen molar-refractivity contribution < 1.29 is 17.9 Å². The largest absolute Gasteiger partial charge is 0.418 e. The molecule has 0 radical (unpaired) electrons. The molecule has 0 bridgehead atoms. The van der Waals surface area contributed by atoms with Crippen LogP contribution in [0.2, 0.25) is 0 Å². The summed E-state index contributed by atoms with van der Waals surface area (Å²) in [6, 6.07) is 0. The molecule has 0 unspecified atom stereocenters. The molecule has 1 fully saturated rings. The molecule has 2 nitrogen and oxygen atoms in total. The third kappa shape index (κ3) is 1.56. The summed E-state index contributed by atoms with van der Waals surface area (Å²) in [5, 5.41) is 2.69. The third-order valence-corrected chi connectivity index (χ3v) is 2.25. The lowest BCUT2D eigenvalue weighted by molar-refractivity contribution is -0.273. The predicted octanol–water partition coefficient (Wildman–Crippen LogP) is 1.32. The zero-order valence-electron chi connectivity index (χ0n) is 6.87. The molecule has 0 spiro atoms. The minimum absolute atomic E-state index is 0.0556. The quantitative estimate of drug-likeness (QED) is 0.662. The molecule has 1 aliphatic rings. The summed E-state index contributed by atoms with van der Waals surface area (Å²) < 4.78 is 41.9. The van der Waals surface area contributed by atoms with Gasteiger partial charge in [-0.1, -0.05) is 0 Å². The molecule has 0 saturated carbocycles. The number of hydrogen-bond acceptors (Lipinski definition) is 2. The smallest absolute Gasteiger partial charge is 0.367 e. The van der Waals surface area contributed by atoms with Crippen LogP contribution in [-0.2, 0) is 4.74 Å². The molecule has 1 saturated heterocycles. The van der Waals surface area contributed by atoms with Crippen molar-refractivity contribution in [3.8, 4) is 0 Å². The van der Waals surface area contributed by atoms with Crippen molar-refractivity contribution in [2.24, 2.45) is 0 Å².